The number of phenolic OH excluding ortho intramolecular Hbond substituents is 1. The Kier molecular flexibility index (Phi) is 3.10. The second kappa shape index (κ2) is 4.71. The Balaban J connectivity index is 2.15. The average molecular weight is 213 g/mol. The van der Waals surface area contributed by atoms with E-state index in [2.05, 4.69) is 5.32 Å². The maximum Gasteiger partial charge on any atom is 0.120 e. The van der Waals surface area contributed by atoms with Crippen LogP contribution < -0.4 is 5.32 Å². The molecule has 0 saturated heterocycles. The van der Waals surface area contributed by atoms with Crippen LogP contribution in [0.1, 0.15) is 18.5 Å². The van der Waals surface area contributed by atoms with Crippen LogP contribution in [0.25, 0.3) is 0 Å². The number of rotatable bonds is 3. The fourth-order valence-corrected chi connectivity index (χ4v) is 1.72. The molecule has 0 fully saturated rings. The Morgan fingerprint density at radius 2 is 1.56 bits per heavy atom. The second-order valence-corrected chi connectivity index (χ2v) is 3.79. The molecule has 2 heteroatoms. The molecule has 0 aliphatic heterocycles. The zero-order valence-corrected chi connectivity index (χ0v) is 9.22. The first kappa shape index (κ1) is 10.6. The Morgan fingerprint density at radius 1 is 0.938 bits per heavy atom. The van der Waals surface area contributed by atoms with Gasteiger partial charge in [-0.2, -0.15) is 0 Å². The summed E-state index contributed by atoms with van der Waals surface area (Å²) in [6.07, 6.45) is 0. The van der Waals surface area contributed by atoms with Crippen LogP contribution in [-0.2, 0) is 0 Å². The molecular formula is C14H15NO. The third kappa shape index (κ3) is 2.34. The summed E-state index contributed by atoms with van der Waals surface area (Å²) < 4.78 is 0. The van der Waals surface area contributed by atoms with Gasteiger partial charge in [-0.15, -0.1) is 0 Å². The maximum atomic E-state index is 9.72. The number of aromatic hydroxyl groups is 1. The summed E-state index contributed by atoms with van der Waals surface area (Å²) in [5.41, 5.74) is 1.96. The molecular weight excluding hydrogens is 198 g/mol. The lowest BCUT2D eigenvalue weighted by atomic mass is 10.1. The summed E-state index contributed by atoms with van der Waals surface area (Å²) in [5.74, 6) is 0.332. The van der Waals surface area contributed by atoms with E-state index in [-0.39, 0.29) is 6.04 Å². The summed E-state index contributed by atoms with van der Waals surface area (Å²) in [7, 11) is 0. The molecule has 2 N–H and O–H groups in total. The van der Waals surface area contributed by atoms with E-state index in [0.29, 0.717) is 5.75 Å². The van der Waals surface area contributed by atoms with Gasteiger partial charge in [-0.05, 0) is 25.1 Å². The SMILES string of the molecule is C[C@H](Nc1ccccc1)c1ccccc1O. The van der Waals surface area contributed by atoms with Crippen LogP contribution in [0, 0.1) is 0 Å². The molecule has 0 aliphatic rings. The lowest BCUT2D eigenvalue weighted by Crippen LogP contribution is -2.06. The van der Waals surface area contributed by atoms with Gasteiger partial charge >= 0.3 is 0 Å². The first-order valence-corrected chi connectivity index (χ1v) is 5.37. The predicted molar refractivity (Wildman–Crippen MR) is 66.6 cm³/mol. The summed E-state index contributed by atoms with van der Waals surface area (Å²) >= 11 is 0. The van der Waals surface area contributed by atoms with Crippen molar-refractivity contribution in [3.05, 3.63) is 60.2 Å². The van der Waals surface area contributed by atoms with Crippen LogP contribution in [0.2, 0.25) is 0 Å². The third-order valence-corrected chi connectivity index (χ3v) is 2.56. The molecule has 82 valence electrons. The molecule has 0 saturated carbocycles. The third-order valence-electron chi connectivity index (χ3n) is 2.56. The van der Waals surface area contributed by atoms with E-state index in [1.165, 1.54) is 0 Å². The number of nitrogens with one attached hydrogen (secondary N) is 1. The minimum Gasteiger partial charge on any atom is -0.508 e. The normalized spacial score (nSPS) is 12.1. The van der Waals surface area contributed by atoms with Crippen LogP contribution in [0.5, 0.6) is 5.75 Å². The monoisotopic (exact) mass is 213 g/mol. The molecule has 0 bridgehead atoms. The van der Waals surface area contributed by atoms with Crippen molar-refractivity contribution in [2.45, 2.75) is 13.0 Å². The van der Waals surface area contributed by atoms with E-state index in [1.54, 1.807) is 6.07 Å². The van der Waals surface area contributed by atoms with E-state index in [9.17, 15) is 5.11 Å². The maximum absolute atomic E-state index is 9.72. The molecule has 2 aromatic carbocycles. The lowest BCUT2D eigenvalue weighted by molar-refractivity contribution is 0.465. The van der Waals surface area contributed by atoms with Crippen molar-refractivity contribution in [1.82, 2.24) is 0 Å². The zero-order chi connectivity index (χ0) is 11.4. The molecule has 16 heavy (non-hydrogen) atoms. The van der Waals surface area contributed by atoms with Crippen molar-refractivity contribution in [1.29, 1.82) is 0 Å². The van der Waals surface area contributed by atoms with Crippen molar-refractivity contribution in [2.24, 2.45) is 0 Å². The summed E-state index contributed by atoms with van der Waals surface area (Å²) in [6.45, 7) is 2.03. The average Bonchev–Trinajstić information content (AvgIpc) is 2.31. The molecule has 2 aromatic rings. The van der Waals surface area contributed by atoms with E-state index in [4.69, 9.17) is 0 Å². The van der Waals surface area contributed by atoms with E-state index < -0.39 is 0 Å². The molecule has 0 heterocycles. The van der Waals surface area contributed by atoms with Gasteiger partial charge in [0.1, 0.15) is 5.75 Å². The van der Waals surface area contributed by atoms with Crippen LogP contribution in [0.3, 0.4) is 0 Å². The van der Waals surface area contributed by atoms with Crippen molar-refractivity contribution in [3.8, 4) is 5.75 Å². The largest absolute Gasteiger partial charge is 0.508 e. The highest BCUT2D eigenvalue weighted by Crippen LogP contribution is 2.26. The molecule has 1 atom stereocenters. The molecule has 0 amide bonds. The second-order valence-electron chi connectivity index (χ2n) is 3.79. The molecule has 0 radical (unpaired) electrons. The number of hydrogen-bond donors (Lipinski definition) is 2. The highest BCUT2D eigenvalue weighted by atomic mass is 16.3. The van der Waals surface area contributed by atoms with Gasteiger partial charge in [-0.3, -0.25) is 0 Å². The lowest BCUT2D eigenvalue weighted by Gasteiger charge is -2.16. The van der Waals surface area contributed by atoms with Gasteiger partial charge in [0.05, 0.1) is 6.04 Å². The highest BCUT2D eigenvalue weighted by molar-refractivity contribution is 5.47. The van der Waals surface area contributed by atoms with Gasteiger partial charge in [-0.25, -0.2) is 0 Å². The van der Waals surface area contributed by atoms with Gasteiger partial charge in [0, 0.05) is 11.3 Å². The number of anilines is 1. The van der Waals surface area contributed by atoms with Crippen molar-refractivity contribution < 1.29 is 5.11 Å². The molecule has 2 rings (SSSR count). The van der Waals surface area contributed by atoms with Crippen LogP contribution in [-0.4, -0.2) is 5.11 Å². The van der Waals surface area contributed by atoms with Crippen LogP contribution >= 0.6 is 0 Å². The van der Waals surface area contributed by atoms with Gasteiger partial charge in [0.25, 0.3) is 0 Å². The Bertz CT molecular complexity index is 453. The zero-order valence-electron chi connectivity index (χ0n) is 9.22. The fourth-order valence-electron chi connectivity index (χ4n) is 1.72. The Labute approximate surface area is 95.6 Å². The molecule has 0 aromatic heterocycles. The van der Waals surface area contributed by atoms with Crippen LogP contribution in [0.4, 0.5) is 5.69 Å². The standard InChI is InChI=1S/C14H15NO/c1-11(13-9-5-6-10-14(13)16)15-12-7-3-2-4-8-12/h2-11,15-16H,1H3/t11-/m0/s1. The van der Waals surface area contributed by atoms with Gasteiger partial charge in [0.15, 0.2) is 0 Å². The Morgan fingerprint density at radius 3 is 2.25 bits per heavy atom. The van der Waals surface area contributed by atoms with Crippen molar-refractivity contribution >= 4 is 5.69 Å². The first-order valence-electron chi connectivity index (χ1n) is 5.37. The smallest absolute Gasteiger partial charge is 0.120 e. The fraction of sp³-hybridized carbons (Fsp3) is 0.143. The van der Waals surface area contributed by atoms with E-state index in [0.717, 1.165) is 11.3 Å². The molecule has 0 aliphatic carbocycles. The number of benzene rings is 2. The predicted octanol–water partition coefficient (Wildman–Crippen LogP) is 3.57. The highest BCUT2D eigenvalue weighted by Gasteiger charge is 2.08. The number of phenols is 1. The minimum absolute atomic E-state index is 0.0867. The first-order chi connectivity index (χ1) is 7.77. The van der Waals surface area contributed by atoms with E-state index >= 15 is 0 Å². The van der Waals surface area contributed by atoms with E-state index in [1.807, 2.05) is 55.5 Å². The van der Waals surface area contributed by atoms with Gasteiger partial charge in [0.2, 0.25) is 0 Å². The quantitative estimate of drug-likeness (QED) is 0.817. The van der Waals surface area contributed by atoms with Crippen LogP contribution in [0.15, 0.2) is 54.6 Å². The molecule has 0 spiro atoms. The van der Waals surface area contributed by atoms with Crippen molar-refractivity contribution in [2.75, 3.05) is 5.32 Å². The van der Waals surface area contributed by atoms with Gasteiger partial charge < -0.3 is 10.4 Å². The number of hydrogen-bond acceptors (Lipinski definition) is 2. The topological polar surface area (TPSA) is 32.3 Å². The summed E-state index contributed by atoms with van der Waals surface area (Å²) in [4.78, 5) is 0. The molecule has 0 unspecified atom stereocenters. The summed E-state index contributed by atoms with van der Waals surface area (Å²) in [5, 5.41) is 13.1. The minimum atomic E-state index is 0.0867. The molecule has 2 nitrogen and oxygen atoms in total. The van der Waals surface area contributed by atoms with Crippen molar-refractivity contribution in [3.63, 3.8) is 0 Å². The summed E-state index contributed by atoms with van der Waals surface area (Å²) in [6, 6.07) is 17.5. The Hall–Kier alpha value is -1.96. The van der Waals surface area contributed by atoms with Gasteiger partial charge in [-0.1, -0.05) is 36.4 Å². The number of para-hydroxylation sites is 2.